The highest BCUT2D eigenvalue weighted by atomic mass is 32.1. The predicted molar refractivity (Wildman–Crippen MR) is 66.4 cm³/mol. The van der Waals surface area contributed by atoms with E-state index in [9.17, 15) is 4.79 Å². The molecule has 0 spiro atoms. The number of hydrogen-bond acceptors (Lipinski definition) is 3. The molecule has 1 N–H and O–H groups in total. The van der Waals surface area contributed by atoms with Crippen LogP contribution in [-0.4, -0.2) is 12.1 Å². The third-order valence-electron chi connectivity index (χ3n) is 2.63. The van der Waals surface area contributed by atoms with Gasteiger partial charge in [-0.15, -0.1) is 0 Å². The van der Waals surface area contributed by atoms with Gasteiger partial charge in [0.15, 0.2) is 0 Å². The molecule has 0 bridgehead atoms. The maximum Gasteiger partial charge on any atom is 0.304 e. The van der Waals surface area contributed by atoms with Crippen LogP contribution < -0.4 is 9.61 Å². The maximum atomic E-state index is 11.1. The summed E-state index contributed by atoms with van der Waals surface area (Å²) in [4.78, 5) is 13.9. The lowest BCUT2D eigenvalue weighted by molar-refractivity contribution is 0.416. The van der Waals surface area contributed by atoms with Crippen molar-refractivity contribution >= 4 is 11.3 Å². The molecule has 2 rings (SSSR count). The van der Waals surface area contributed by atoms with Crippen molar-refractivity contribution in [3.05, 3.63) is 38.3 Å². The lowest BCUT2D eigenvalue weighted by Gasteiger charge is -2.10. The van der Waals surface area contributed by atoms with Crippen molar-refractivity contribution < 1.29 is 4.74 Å². The van der Waals surface area contributed by atoms with Gasteiger partial charge >= 0.3 is 4.87 Å². The molecule has 0 aliphatic carbocycles. The van der Waals surface area contributed by atoms with Gasteiger partial charge in [0.2, 0.25) is 0 Å². The van der Waals surface area contributed by atoms with Gasteiger partial charge in [-0.25, -0.2) is 0 Å². The molecule has 0 saturated heterocycles. The summed E-state index contributed by atoms with van der Waals surface area (Å²) in [5.41, 5.74) is 4.11. The van der Waals surface area contributed by atoms with Gasteiger partial charge in [-0.3, -0.25) is 4.79 Å². The summed E-state index contributed by atoms with van der Waals surface area (Å²) in [7, 11) is 1.64. The van der Waals surface area contributed by atoms with E-state index in [0.717, 1.165) is 28.3 Å². The number of ether oxygens (including phenoxy) is 1. The fourth-order valence-corrected chi connectivity index (χ4v) is 2.16. The number of aryl methyl sites for hydroxylation is 2. The first-order valence-electron chi connectivity index (χ1n) is 4.95. The van der Waals surface area contributed by atoms with Crippen LogP contribution in [0.25, 0.3) is 11.3 Å². The van der Waals surface area contributed by atoms with Gasteiger partial charge < -0.3 is 9.72 Å². The molecule has 0 atom stereocenters. The molecular formula is C12H13NO2S. The Morgan fingerprint density at radius 2 is 1.94 bits per heavy atom. The molecule has 1 aromatic heterocycles. The summed E-state index contributed by atoms with van der Waals surface area (Å²) in [5, 5.41) is 1.81. The van der Waals surface area contributed by atoms with Crippen LogP contribution in [0.2, 0.25) is 0 Å². The fraction of sp³-hybridized carbons (Fsp3) is 0.250. The van der Waals surface area contributed by atoms with Crippen molar-refractivity contribution in [2.75, 3.05) is 7.11 Å². The summed E-state index contributed by atoms with van der Waals surface area (Å²) in [5.74, 6) is 0.789. The van der Waals surface area contributed by atoms with Crippen LogP contribution in [0.3, 0.4) is 0 Å². The van der Waals surface area contributed by atoms with E-state index in [1.165, 1.54) is 11.1 Å². The van der Waals surface area contributed by atoms with Crippen LogP contribution in [0.5, 0.6) is 5.75 Å². The van der Waals surface area contributed by atoms with Crippen LogP contribution in [0.4, 0.5) is 0 Å². The SMILES string of the molecule is COc1cc(C)c(C)cc1-c1csc(=O)[nH]1. The van der Waals surface area contributed by atoms with E-state index in [4.69, 9.17) is 4.74 Å². The van der Waals surface area contributed by atoms with Crippen LogP contribution in [0.1, 0.15) is 11.1 Å². The van der Waals surface area contributed by atoms with E-state index >= 15 is 0 Å². The minimum absolute atomic E-state index is 0.0460. The molecule has 0 radical (unpaired) electrons. The zero-order valence-corrected chi connectivity index (χ0v) is 10.3. The molecule has 4 heteroatoms. The van der Waals surface area contributed by atoms with Gasteiger partial charge in [0.05, 0.1) is 12.8 Å². The number of methoxy groups -OCH3 is 1. The monoisotopic (exact) mass is 235 g/mol. The fourth-order valence-electron chi connectivity index (χ4n) is 1.58. The summed E-state index contributed by atoms with van der Waals surface area (Å²) in [6.45, 7) is 4.08. The van der Waals surface area contributed by atoms with E-state index in [1.807, 2.05) is 31.4 Å². The highest BCUT2D eigenvalue weighted by molar-refractivity contribution is 7.07. The summed E-state index contributed by atoms with van der Waals surface area (Å²) >= 11 is 1.16. The van der Waals surface area contributed by atoms with Crippen LogP contribution in [0.15, 0.2) is 22.3 Å². The third-order valence-corrected chi connectivity index (χ3v) is 3.30. The second kappa shape index (κ2) is 4.14. The number of aromatic nitrogens is 1. The normalized spacial score (nSPS) is 10.4. The highest BCUT2D eigenvalue weighted by Gasteiger charge is 2.09. The zero-order chi connectivity index (χ0) is 11.7. The van der Waals surface area contributed by atoms with Gasteiger partial charge in [0.25, 0.3) is 0 Å². The number of H-pyrrole nitrogens is 1. The van der Waals surface area contributed by atoms with Crippen molar-refractivity contribution in [1.29, 1.82) is 0 Å². The van der Waals surface area contributed by atoms with Gasteiger partial charge in [0.1, 0.15) is 5.75 Å². The molecule has 2 aromatic rings. The average molecular weight is 235 g/mol. The standard InChI is InChI=1S/C12H13NO2S/c1-7-4-9(10-6-16-12(14)13-10)11(15-3)5-8(7)2/h4-6H,1-3H3,(H,13,14). The lowest BCUT2D eigenvalue weighted by Crippen LogP contribution is -1.95. The predicted octanol–water partition coefficient (Wildman–Crippen LogP) is 2.73. The maximum absolute atomic E-state index is 11.1. The highest BCUT2D eigenvalue weighted by Crippen LogP contribution is 2.31. The second-order valence-electron chi connectivity index (χ2n) is 3.70. The van der Waals surface area contributed by atoms with Crippen molar-refractivity contribution in [3.63, 3.8) is 0 Å². The number of rotatable bonds is 2. The smallest absolute Gasteiger partial charge is 0.304 e. The van der Waals surface area contributed by atoms with Gasteiger partial charge in [-0.05, 0) is 37.1 Å². The van der Waals surface area contributed by atoms with Crippen molar-refractivity contribution in [3.8, 4) is 17.0 Å². The largest absolute Gasteiger partial charge is 0.496 e. The Bertz CT molecular complexity index is 569. The molecule has 3 nitrogen and oxygen atoms in total. The van der Waals surface area contributed by atoms with E-state index in [0.29, 0.717) is 0 Å². The Morgan fingerprint density at radius 3 is 2.50 bits per heavy atom. The Hall–Kier alpha value is -1.55. The van der Waals surface area contributed by atoms with Crippen molar-refractivity contribution in [1.82, 2.24) is 4.98 Å². The Kier molecular flexibility index (Phi) is 2.83. The van der Waals surface area contributed by atoms with Gasteiger partial charge in [-0.1, -0.05) is 11.3 Å². The molecule has 1 heterocycles. The molecule has 1 aromatic carbocycles. The lowest BCUT2D eigenvalue weighted by atomic mass is 10.0. The van der Waals surface area contributed by atoms with Gasteiger partial charge in [0, 0.05) is 10.9 Å². The molecule has 0 amide bonds. The number of benzene rings is 1. The summed E-state index contributed by atoms with van der Waals surface area (Å²) in [6.07, 6.45) is 0. The first kappa shape index (κ1) is 11.0. The summed E-state index contributed by atoms with van der Waals surface area (Å²) in [6, 6.07) is 4.02. The molecule has 16 heavy (non-hydrogen) atoms. The Balaban J connectivity index is 2.63. The zero-order valence-electron chi connectivity index (χ0n) is 9.46. The van der Waals surface area contributed by atoms with Crippen molar-refractivity contribution in [2.45, 2.75) is 13.8 Å². The molecule has 0 aliphatic rings. The first-order valence-corrected chi connectivity index (χ1v) is 5.83. The molecule has 0 fully saturated rings. The summed E-state index contributed by atoms with van der Waals surface area (Å²) < 4.78 is 5.33. The minimum Gasteiger partial charge on any atom is -0.496 e. The van der Waals surface area contributed by atoms with Crippen LogP contribution in [-0.2, 0) is 0 Å². The quantitative estimate of drug-likeness (QED) is 0.869. The van der Waals surface area contributed by atoms with Crippen molar-refractivity contribution in [2.24, 2.45) is 0 Å². The van der Waals surface area contributed by atoms with Crippen LogP contribution in [0, 0.1) is 13.8 Å². The number of thiazole rings is 1. The molecule has 84 valence electrons. The number of hydrogen-bond donors (Lipinski definition) is 1. The van der Waals surface area contributed by atoms with E-state index < -0.39 is 0 Å². The molecule has 0 saturated carbocycles. The Labute approximate surface area is 97.7 Å². The second-order valence-corrected chi connectivity index (χ2v) is 4.54. The van der Waals surface area contributed by atoms with E-state index in [2.05, 4.69) is 4.98 Å². The van der Waals surface area contributed by atoms with E-state index in [-0.39, 0.29) is 4.87 Å². The number of aromatic amines is 1. The first-order chi connectivity index (χ1) is 7.61. The molecule has 0 unspecified atom stereocenters. The third kappa shape index (κ3) is 1.88. The average Bonchev–Trinajstić information content (AvgIpc) is 2.68. The molecular weight excluding hydrogens is 222 g/mol. The van der Waals surface area contributed by atoms with E-state index in [1.54, 1.807) is 7.11 Å². The van der Waals surface area contributed by atoms with Gasteiger partial charge in [-0.2, -0.15) is 0 Å². The van der Waals surface area contributed by atoms with Crippen LogP contribution >= 0.6 is 11.3 Å². The minimum atomic E-state index is -0.0460. The Morgan fingerprint density at radius 1 is 1.25 bits per heavy atom. The number of nitrogens with one attached hydrogen (secondary N) is 1. The molecule has 0 aliphatic heterocycles. The topological polar surface area (TPSA) is 42.1 Å².